The molecule has 6 aromatic carbocycles. The van der Waals surface area contributed by atoms with Crippen molar-refractivity contribution in [2.45, 2.75) is 24.2 Å². The third kappa shape index (κ3) is 8.87. The number of allylic oxidation sites excluding steroid dienone is 15. The Morgan fingerprint density at radius 3 is 2.26 bits per heavy atom. The molecule has 0 saturated heterocycles. The first kappa shape index (κ1) is 46.0. The molecule has 5 aliphatic rings. The van der Waals surface area contributed by atoms with E-state index in [0.29, 0.717) is 58.1 Å². The molecule has 356 valence electrons. The number of alkyl halides is 2. The monoisotopic (exact) mass is 961 g/mol. The smallest absolute Gasteiger partial charge is 0.288 e. The Morgan fingerprint density at radius 2 is 1.47 bits per heavy atom. The lowest BCUT2D eigenvalue weighted by molar-refractivity contribution is 0.0480. The summed E-state index contributed by atoms with van der Waals surface area (Å²) >= 11 is 0. The molecular formula is C67H49F2N5. The first-order valence-corrected chi connectivity index (χ1v) is 24.9. The summed E-state index contributed by atoms with van der Waals surface area (Å²) in [5.74, 6) is -2.61. The topological polar surface area (TPSA) is 73.8 Å². The van der Waals surface area contributed by atoms with Crippen molar-refractivity contribution in [3.63, 3.8) is 0 Å². The minimum atomic E-state index is -3.28. The van der Waals surface area contributed by atoms with Crippen LogP contribution >= 0.6 is 0 Å². The average molecular weight is 962 g/mol. The molecule has 1 fully saturated rings. The molecule has 7 aromatic rings. The second kappa shape index (κ2) is 19.2. The molecule has 1 aliphatic heterocycles. The van der Waals surface area contributed by atoms with Crippen LogP contribution in [-0.2, 0) is 11.3 Å². The predicted molar refractivity (Wildman–Crippen MR) is 301 cm³/mol. The van der Waals surface area contributed by atoms with Crippen LogP contribution in [0.5, 0.6) is 0 Å². The van der Waals surface area contributed by atoms with E-state index in [1.54, 1.807) is 18.3 Å². The zero-order valence-electron chi connectivity index (χ0n) is 40.5. The predicted octanol–water partition coefficient (Wildman–Crippen LogP) is 15.6. The summed E-state index contributed by atoms with van der Waals surface area (Å²) in [7, 11) is 0. The Kier molecular flexibility index (Phi) is 11.9. The van der Waals surface area contributed by atoms with Gasteiger partial charge >= 0.3 is 0 Å². The summed E-state index contributed by atoms with van der Waals surface area (Å²) in [6.07, 6.45) is 30.6. The number of hydrogen-bond donors (Lipinski definition) is 1. The number of dihydropyridines is 1. The molecule has 2 atom stereocenters. The minimum Gasteiger partial charge on any atom is -0.288 e. The lowest BCUT2D eigenvalue weighted by Crippen LogP contribution is -2.12. The number of fused-ring (bicyclic) bond motifs is 5. The first-order valence-electron chi connectivity index (χ1n) is 24.9. The molecule has 0 spiro atoms. The van der Waals surface area contributed by atoms with Crippen molar-refractivity contribution in [1.29, 1.82) is 5.41 Å². The van der Waals surface area contributed by atoms with Gasteiger partial charge in [-0.1, -0.05) is 195 Å². The standard InChI is InChI=1S/C67H49F2N5/c1-44(12-8-13-45-14-10-34-71-42-45)47-23-25-48(26-24-47)52-27-28-53(55-32-33-66(41-57(66)39-55)60-21-9-19-49-20-11-35-72-63(49)60)38-56(37-52)54-29-31-59-58-30-22-46(36-61(58)67(68,69)62(59)40-54)43-73-65(51-17-6-3-7-18-51)74-64(70)50-15-4-2-5-16-50/h2-26,28-40,43,57,70H,1,27,41-42H2/b12-8-,45-13-,70-64?,73-43?,74-65?. The number of aliphatic imine (C=N–C) groups is 3. The van der Waals surface area contributed by atoms with Crippen LogP contribution in [0.2, 0.25) is 0 Å². The Bertz CT molecular complexity index is 3800. The van der Waals surface area contributed by atoms with Gasteiger partial charge < -0.3 is 0 Å². The summed E-state index contributed by atoms with van der Waals surface area (Å²) in [5, 5.41) is 9.82. The van der Waals surface area contributed by atoms with Gasteiger partial charge in [-0.25, -0.2) is 9.98 Å². The van der Waals surface area contributed by atoms with E-state index in [2.05, 4.69) is 119 Å². The molecule has 5 nitrogen and oxygen atoms in total. The van der Waals surface area contributed by atoms with Crippen molar-refractivity contribution in [2.75, 3.05) is 6.54 Å². The zero-order chi connectivity index (χ0) is 50.2. The molecular weight excluding hydrogens is 913 g/mol. The number of aromatic nitrogens is 1. The molecule has 1 N–H and O–H groups in total. The normalized spacial score (nSPS) is 19.9. The highest BCUT2D eigenvalue weighted by Crippen LogP contribution is 2.60. The Hall–Kier alpha value is -9.07. The lowest BCUT2D eigenvalue weighted by Gasteiger charge is -2.19. The van der Waals surface area contributed by atoms with Gasteiger partial charge in [0.2, 0.25) is 0 Å². The minimum absolute atomic E-state index is 0.0328. The van der Waals surface area contributed by atoms with Gasteiger partial charge in [0.25, 0.3) is 5.92 Å². The summed E-state index contributed by atoms with van der Waals surface area (Å²) in [5.41, 5.74) is 13.8. The zero-order valence-corrected chi connectivity index (χ0v) is 40.5. The number of pyridine rings is 1. The Balaban J connectivity index is 0.864. The van der Waals surface area contributed by atoms with E-state index in [9.17, 15) is 0 Å². The number of amidine groups is 2. The van der Waals surface area contributed by atoms with Gasteiger partial charge in [0.1, 0.15) is 0 Å². The molecule has 7 heteroatoms. The van der Waals surface area contributed by atoms with Crippen molar-refractivity contribution in [3.8, 4) is 11.1 Å². The third-order valence-corrected chi connectivity index (χ3v) is 14.7. The largest absolute Gasteiger partial charge is 0.299 e. The molecule has 2 unspecified atom stereocenters. The fourth-order valence-electron chi connectivity index (χ4n) is 10.6. The Labute approximate surface area is 429 Å². The van der Waals surface area contributed by atoms with E-state index in [-0.39, 0.29) is 22.4 Å². The van der Waals surface area contributed by atoms with Gasteiger partial charge in [0, 0.05) is 51.7 Å². The highest BCUT2D eigenvalue weighted by atomic mass is 19.3. The number of nitrogens with one attached hydrogen (secondary N) is 1. The number of hydrogen-bond acceptors (Lipinski definition) is 3. The second-order valence-corrected chi connectivity index (χ2v) is 19.3. The Morgan fingerprint density at radius 1 is 0.716 bits per heavy atom. The molecule has 1 aromatic heterocycles. The number of benzene rings is 6. The summed E-state index contributed by atoms with van der Waals surface area (Å²) in [6, 6.07) is 48.2. The number of nitrogens with zero attached hydrogens (tertiary/aromatic N) is 4. The van der Waals surface area contributed by atoms with Crippen LogP contribution in [0.15, 0.2) is 263 Å². The second-order valence-electron chi connectivity index (χ2n) is 19.3. The van der Waals surface area contributed by atoms with E-state index >= 15 is 8.78 Å². The molecule has 4 aliphatic carbocycles. The maximum absolute atomic E-state index is 17.1. The average Bonchev–Trinajstić information content (AvgIpc) is 4.20. The van der Waals surface area contributed by atoms with E-state index in [4.69, 9.17) is 10.4 Å². The molecule has 74 heavy (non-hydrogen) atoms. The highest BCUT2D eigenvalue weighted by Gasteiger charge is 2.54. The SMILES string of the molecule is C=C(/C=C\C=C1\C=CC=NC1)c1ccc(C2=CC(c3ccc4c(c3)C(F)(F)c3cc(C=NC(=NC(=N)c5ccccc5)c5ccccc5)ccc3-4)=CC(C3=CC4CC4(c4cccc5cccnc45)C=C3)=CC2)cc1. The van der Waals surface area contributed by atoms with Crippen LogP contribution in [0.25, 0.3) is 38.7 Å². The van der Waals surface area contributed by atoms with Crippen LogP contribution in [0.1, 0.15) is 62.9 Å². The molecule has 0 radical (unpaired) electrons. The van der Waals surface area contributed by atoms with E-state index in [0.717, 1.165) is 61.9 Å². The van der Waals surface area contributed by atoms with Crippen molar-refractivity contribution < 1.29 is 8.78 Å². The number of rotatable bonds is 10. The van der Waals surface area contributed by atoms with Gasteiger partial charge in [-0.3, -0.25) is 15.4 Å². The van der Waals surface area contributed by atoms with E-state index < -0.39 is 5.92 Å². The fourth-order valence-corrected chi connectivity index (χ4v) is 10.6. The van der Waals surface area contributed by atoms with E-state index in [1.807, 2.05) is 116 Å². The summed E-state index contributed by atoms with van der Waals surface area (Å²) in [6.45, 7) is 5.00. The van der Waals surface area contributed by atoms with Crippen LogP contribution in [-0.4, -0.2) is 35.6 Å². The molecule has 2 heterocycles. The first-order chi connectivity index (χ1) is 36.2. The molecule has 0 amide bonds. The van der Waals surface area contributed by atoms with Crippen molar-refractivity contribution in [1.82, 2.24) is 4.98 Å². The number of halogens is 2. The van der Waals surface area contributed by atoms with E-state index in [1.165, 1.54) is 11.6 Å². The van der Waals surface area contributed by atoms with Crippen LogP contribution in [0, 0.1) is 11.3 Å². The van der Waals surface area contributed by atoms with Gasteiger partial charge in [-0.05, 0) is 121 Å². The maximum Gasteiger partial charge on any atom is 0.299 e. The third-order valence-electron chi connectivity index (χ3n) is 14.7. The van der Waals surface area contributed by atoms with Crippen molar-refractivity contribution in [2.24, 2.45) is 20.9 Å². The lowest BCUT2D eigenvalue weighted by atomic mass is 9.85. The van der Waals surface area contributed by atoms with Crippen LogP contribution < -0.4 is 0 Å². The fraction of sp³-hybridized carbons (Fsp3) is 0.0896. The molecule has 0 bridgehead atoms. The molecule has 1 saturated carbocycles. The summed E-state index contributed by atoms with van der Waals surface area (Å²) in [4.78, 5) is 18.4. The van der Waals surface area contributed by atoms with Crippen molar-refractivity contribution in [3.05, 3.63) is 298 Å². The maximum atomic E-state index is 17.1. The van der Waals surface area contributed by atoms with Gasteiger partial charge in [0.15, 0.2) is 11.7 Å². The van der Waals surface area contributed by atoms with Gasteiger partial charge in [-0.15, -0.1) is 0 Å². The van der Waals surface area contributed by atoms with Crippen LogP contribution in [0.4, 0.5) is 8.78 Å². The van der Waals surface area contributed by atoms with Gasteiger partial charge in [-0.2, -0.15) is 8.78 Å². The van der Waals surface area contributed by atoms with Gasteiger partial charge in [0.05, 0.1) is 12.1 Å². The van der Waals surface area contributed by atoms with Crippen LogP contribution in [0.3, 0.4) is 0 Å². The quantitative estimate of drug-likeness (QED) is 0.0828. The van der Waals surface area contributed by atoms with Crippen molar-refractivity contribution >= 4 is 51.7 Å². The highest BCUT2D eigenvalue weighted by molar-refractivity contribution is 6.13. The number of para-hydroxylation sites is 1. The summed E-state index contributed by atoms with van der Waals surface area (Å²) < 4.78 is 34.2. The molecule has 12 rings (SSSR count).